The van der Waals surface area contributed by atoms with Crippen LogP contribution in [0, 0.1) is 0 Å². The Bertz CT molecular complexity index is 714. The van der Waals surface area contributed by atoms with E-state index in [9.17, 15) is 25.2 Å². The fraction of sp³-hybridized carbons (Fsp3) is 0.357. The van der Waals surface area contributed by atoms with Crippen LogP contribution in [0.3, 0.4) is 0 Å². The molecular weight excluding hydrogens is 294 g/mol. The first kappa shape index (κ1) is 13.4. The summed E-state index contributed by atoms with van der Waals surface area (Å²) in [7, 11) is 0. The van der Waals surface area contributed by atoms with Crippen molar-refractivity contribution in [3.05, 3.63) is 23.3 Å². The number of carbonyl (C=O) groups excluding carboxylic acids is 1. The third kappa shape index (κ3) is 1.59. The molecule has 1 aromatic rings. The molecule has 0 saturated carbocycles. The number of ether oxygens (including phenoxy) is 2. The van der Waals surface area contributed by atoms with Crippen LogP contribution in [0.25, 0.3) is 5.57 Å². The van der Waals surface area contributed by atoms with E-state index in [0.29, 0.717) is 11.1 Å². The predicted molar refractivity (Wildman–Crippen MR) is 71.5 cm³/mol. The number of rotatable bonds is 0. The molecule has 0 saturated heterocycles. The fourth-order valence-corrected chi connectivity index (χ4v) is 3.09. The summed E-state index contributed by atoms with van der Waals surface area (Å²) in [5.41, 5.74) is 0.733. The lowest BCUT2D eigenvalue weighted by Crippen LogP contribution is -2.57. The Morgan fingerprint density at radius 1 is 1.18 bits per heavy atom. The molecule has 22 heavy (non-hydrogen) atoms. The zero-order chi connectivity index (χ0) is 15.6. The van der Waals surface area contributed by atoms with E-state index in [0.717, 1.165) is 0 Å². The van der Waals surface area contributed by atoms with Gasteiger partial charge in [-0.05, 0) is 17.7 Å². The summed E-state index contributed by atoms with van der Waals surface area (Å²) in [6.45, 7) is -0.0696. The summed E-state index contributed by atoms with van der Waals surface area (Å²) < 4.78 is 10.3. The van der Waals surface area contributed by atoms with Gasteiger partial charge in [0.1, 0.15) is 18.3 Å². The highest BCUT2D eigenvalue weighted by atomic mass is 16.7. The molecule has 0 bridgehead atoms. The summed E-state index contributed by atoms with van der Waals surface area (Å²) in [5, 5.41) is 42.4. The second-order valence-electron chi connectivity index (χ2n) is 5.43. The van der Waals surface area contributed by atoms with Gasteiger partial charge in [-0.25, -0.2) is 0 Å². The minimum absolute atomic E-state index is 0.0115. The lowest BCUT2D eigenvalue weighted by Gasteiger charge is -2.39. The largest absolute Gasteiger partial charge is 0.504 e. The molecule has 8 nitrogen and oxygen atoms in total. The Hall–Kier alpha value is -2.29. The van der Waals surface area contributed by atoms with Crippen molar-refractivity contribution in [2.24, 2.45) is 0 Å². The van der Waals surface area contributed by atoms with Crippen LogP contribution >= 0.6 is 0 Å². The van der Waals surface area contributed by atoms with Crippen molar-refractivity contribution in [3.8, 4) is 17.2 Å². The molecular formula is C14H13NO7. The fourth-order valence-electron chi connectivity index (χ4n) is 3.09. The van der Waals surface area contributed by atoms with Crippen molar-refractivity contribution >= 4 is 11.5 Å². The highest BCUT2D eigenvalue weighted by Crippen LogP contribution is 2.48. The first-order chi connectivity index (χ1) is 10.5. The Morgan fingerprint density at radius 3 is 2.73 bits per heavy atom. The number of hydrogen-bond acceptors (Lipinski definition) is 7. The topological polar surface area (TPSA) is 128 Å². The number of benzene rings is 1. The Kier molecular flexibility index (Phi) is 2.65. The molecule has 1 amide bonds. The number of fused-ring (bicyclic) bond motifs is 4. The van der Waals surface area contributed by atoms with Gasteiger partial charge in [0.2, 0.25) is 12.5 Å². The number of aromatic hydroxyl groups is 1. The Labute approximate surface area is 124 Å². The van der Waals surface area contributed by atoms with E-state index in [2.05, 4.69) is 5.32 Å². The summed E-state index contributed by atoms with van der Waals surface area (Å²) in [4.78, 5) is 12.2. The number of aliphatic hydroxyl groups is 3. The maximum absolute atomic E-state index is 12.2. The minimum Gasteiger partial charge on any atom is -0.504 e. The summed E-state index contributed by atoms with van der Waals surface area (Å²) in [5.74, 6) is -0.585. The predicted octanol–water partition coefficient (Wildman–Crippen LogP) is -1.29. The van der Waals surface area contributed by atoms with Crippen LogP contribution in [0.2, 0.25) is 0 Å². The van der Waals surface area contributed by atoms with E-state index in [-0.39, 0.29) is 29.6 Å². The maximum Gasteiger partial charge on any atom is 0.256 e. The van der Waals surface area contributed by atoms with Crippen LogP contribution in [-0.4, -0.2) is 57.5 Å². The molecule has 2 heterocycles. The highest BCUT2D eigenvalue weighted by molar-refractivity contribution is 6.07. The van der Waals surface area contributed by atoms with Crippen LogP contribution in [0.15, 0.2) is 12.1 Å². The molecule has 3 aliphatic rings. The molecule has 0 fully saturated rings. The Balaban J connectivity index is 1.95. The monoisotopic (exact) mass is 307 g/mol. The smallest absolute Gasteiger partial charge is 0.256 e. The summed E-state index contributed by atoms with van der Waals surface area (Å²) >= 11 is 0. The van der Waals surface area contributed by atoms with E-state index in [1.165, 1.54) is 12.1 Å². The quantitative estimate of drug-likeness (QED) is 0.403. The first-order valence-electron chi connectivity index (χ1n) is 6.71. The van der Waals surface area contributed by atoms with E-state index in [1.54, 1.807) is 0 Å². The average molecular weight is 307 g/mol. The zero-order valence-corrected chi connectivity index (χ0v) is 11.2. The molecule has 116 valence electrons. The van der Waals surface area contributed by atoms with Crippen LogP contribution in [0.4, 0.5) is 0 Å². The van der Waals surface area contributed by atoms with Crippen LogP contribution in [-0.2, 0) is 0 Å². The number of phenols is 1. The number of aliphatic hydroxyl groups excluding tert-OH is 3. The zero-order valence-electron chi connectivity index (χ0n) is 11.2. The minimum atomic E-state index is -1.40. The lowest BCUT2D eigenvalue weighted by atomic mass is 9.79. The third-order valence-corrected chi connectivity index (χ3v) is 4.19. The number of nitrogens with one attached hydrogen (secondary N) is 1. The van der Waals surface area contributed by atoms with Gasteiger partial charge in [0.25, 0.3) is 5.91 Å². The molecule has 4 rings (SSSR count). The van der Waals surface area contributed by atoms with Crippen LogP contribution in [0.1, 0.15) is 15.9 Å². The normalized spacial score (nSPS) is 32.0. The van der Waals surface area contributed by atoms with Crippen LogP contribution < -0.4 is 14.8 Å². The van der Waals surface area contributed by atoms with Gasteiger partial charge in [0.05, 0.1) is 11.6 Å². The average Bonchev–Trinajstić information content (AvgIpc) is 2.95. The third-order valence-electron chi connectivity index (χ3n) is 4.19. The SMILES string of the molecule is O=C1N[C@@H]2C(=C[C@H](O)[C@@H](O)[C@@H]2O)c2cc3c(c(O)c21)OCO3. The summed E-state index contributed by atoms with van der Waals surface area (Å²) in [6.07, 6.45) is -2.70. The second kappa shape index (κ2) is 4.35. The molecule has 0 unspecified atom stereocenters. The van der Waals surface area contributed by atoms with Gasteiger partial charge < -0.3 is 35.2 Å². The van der Waals surface area contributed by atoms with E-state index in [4.69, 9.17) is 9.47 Å². The van der Waals surface area contributed by atoms with Gasteiger partial charge >= 0.3 is 0 Å². The van der Waals surface area contributed by atoms with Gasteiger partial charge in [-0.1, -0.05) is 0 Å². The first-order valence-corrected chi connectivity index (χ1v) is 6.71. The highest BCUT2D eigenvalue weighted by Gasteiger charge is 2.44. The maximum atomic E-state index is 12.2. The molecule has 8 heteroatoms. The molecule has 5 N–H and O–H groups in total. The van der Waals surface area contributed by atoms with Gasteiger partial charge in [0, 0.05) is 5.56 Å². The van der Waals surface area contributed by atoms with Gasteiger partial charge in [-0.2, -0.15) is 0 Å². The van der Waals surface area contributed by atoms with Crippen molar-refractivity contribution < 1.29 is 34.7 Å². The van der Waals surface area contributed by atoms with Gasteiger partial charge in [-0.15, -0.1) is 0 Å². The van der Waals surface area contributed by atoms with Crippen molar-refractivity contribution in [3.63, 3.8) is 0 Å². The van der Waals surface area contributed by atoms with E-state index < -0.39 is 30.3 Å². The molecule has 2 aliphatic heterocycles. The van der Waals surface area contributed by atoms with Crippen molar-refractivity contribution in [1.82, 2.24) is 5.32 Å². The number of hydrogen-bond donors (Lipinski definition) is 5. The standard InChI is InChI=1S/C14H13NO7/c16-6-1-5-4-2-7-13(22-3-21-7)11(18)8(4)14(20)15-9(5)12(19)10(6)17/h1-2,6,9-10,12,16-19H,3H2,(H,15,20)/t6-,9+,10+,12+/m0/s1. The molecule has 4 atom stereocenters. The van der Waals surface area contributed by atoms with Gasteiger partial charge in [-0.3, -0.25) is 4.79 Å². The molecule has 1 aliphatic carbocycles. The second-order valence-corrected chi connectivity index (χ2v) is 5.43. The molecule has 0 spiro atoms. The molecule has 0 radical (unpaired) electrons. The van der Waals surface area contributed by atoms with Crippen molar-refractivity contribution in [2.75, 3.05) is 6.79 Å². The Morgan fingerprint density at radius 2 is 1.95 bits per heavy atom. The van der Waals surface area contributed by atoms with Crippen LogP contribution in [0.5, 0.6) is 17.2 Å². The van der Waals surface area contributed by atoms with Gasteiger partial charge in [0.15, 0.2) is 11.5 Å². The lowest BCUT2D eigenvalue weighted by molar-refractivity contribution is -0.0535. The van der Waals surface area contributed by atoms with Crippen molar-refractivity contribution in [2.45, 2.75) is 24.4 Å². The van der Waals surface area contributed by atoms with E-state index in [1.807, 2.05) is 0 Å². The van der Waals surface area contributed by atoms with E-state index >= 15 is 0 Å². The number of phenolic OH excluding ortho intramolecular Hbond substituents is 1. The molecule has 1 aromatic carbocycles. The molecule has 0 aromatic heterocycles. The van der Waals surface area contributed by atoms with Crippen molar-refractivity contribution in [1.29, 1.82) is 0 Å². The number of carbonyl (C=O) groups is 1. The number of amides is 1. The summed E-state index contributed by atoms with van der Waals surface area (Å²) in [6, 6.07) is 0.643.